The van der Waals surface area contributed by atoms with Gasteiger partial charge in [0, 0.05) is 31.6 Å². The number of rotatable bonds is 5. The second kappa shape index (κ2) is 6.12. The van der Waals surface area contributed by atoms with Crippen molar-refractivity contribution in [1.82, 2.24) is 9.47 Å². The van der Waals surface area contributed by atoms with Gasteiger partial charge in [-0.15, -0.1) is 0 Å². The predicted octanol–water partition coefficient (Wildman–Crippen LogP) is 1.23. The average Bonchev–Trinajstić information content (AvgIpc) is 3.01. The standard InChI is InChI=1S/C16H25N3O3/c1-5-18-11(2)9-13(12(18)3)14(20)19-8-6-7-16(19,10-22-4)15(17)21/h9H,5-8,10H2,1-4H3,(H2,17,21). The van der Waals surface area contributed by atoms with E-state index in [0.29, 0.717) is 18.5 Å². The van der Waals surface area contributed by atoms with Gasteiger partial charge in [-0.1, -0.05) is 0 Å². The zero-order valence-electron chi connectivity index (χ0n) is 13.8. The first-order valence-corrected chi connectivity index (χ1v) is 7.66. The van der Waals surface area contributed by atoms with E-state index in [9.17, 15) is 9.59 Å². The highest BCUT2D eigenvalue weighted by molar-refractivity contribution is 6.00. The summed E-state index contributed by atoms with van der Waals surface area (Å²) in [4.78, 5) is 26.6. The third-order valence-corrected chi connectivity index (χ3v) is 4.70. The summed E-state index contributed by atoms with van der Waals surface area (Å²) in [5.41, 5.74) is 7.19. The van der Waals surface area contributed by atoms with E-state index in [0.717, 1.165) is 24.4 Å². The number of nitrogens with zero attached hydrogens (tertiary/aromatic N) is 2. The fourth-order valence-corrected chi connectivity index (χ4v) is 3.54. The van der Waals surface area contributed by atoms with Gasteiger partial charge >= 0.3 is 0 Å². The normalized spacial score (nSPS) is 21.4. The number of hydrogen-bond acceptors (Lipinski definition) is 3. The highest BCUT2D eigenvalue weighted by atomic mass is 16.5. The molecule has 1 unspecified atom stereocenters. The van der Waals surface area contributed by atoms with E-state index in [4.69, 9.17) is 10.5 Å². The second-order valence-corrected chi connectivity index (χ2v) is 5.92. The minimum atomic E-state index is -1.03. The number of hydrogen-bond donors (Lipinski definition) is 1. The first kappa shape index (κ1) is 16.5. The molecule has 6 heteroatoms. The van der Waals surface area contributed by atoms with Crippen LogP contribution in [0.1, 0.15) is 41.5 Å². The summed E-state index contributed by atoms with van der Waals surface area (Å²) in [6, 6.07) is 1.89. The van der Waals surface area contributed by atoms with Crippen LogP contribution in [0, 0.1) is 13.8 Å². The molecule has 0 aliphatic carbocycles. The van der Waals surface area contributed by atoms with Crippen LogP contribution in [0.5, 0.6) is 0 Å². The maximum Gasteiger partial charge on any atom is 0.256 e. The van der Waals surface area contributed by atoms with E-state index < -0.39 is 11.4 Å². The van der Waals surface area contributed by atoms with Crippen LogP contribution in [0.15, 0.2) is 6.07 Å². The quantitative estimate of drug-likeness (QED) is 0.889. The van der Waals surface area contributed by atoms with Crippen LogP contribution < -0.4 is 5.73 Å². The van der Waals surface area contributed by atoms with Gasteiger partial charge in [0.2, 0.25) is 5.91 Å². The third kappa shape index (κ3) is 2.41. The van der Waals surface area contributed by atoms with Crippen molar-refractivity contribution in [3.8, 4) is 0 Å². The number of carbonyl (C=O) groups excluding carboxylic acids is 2. The lowest BCUT2D eigenvalue weighted by Crippen LogP contribution is -2.58. The van der Waals surface area contributed by atoms with Crippen molar-refractivity contribution in [2.24, 2.45) is 5.73 Å². The number of methoxy groups -OCH3 is 1. The van der Waals surface area contributed by atoms with Crippen molar-refractivity contribution in [3.63, 3.8) is 0 Å². The SMILES string of the molecule is CCn1c(C)cc(C(=O)N2CCCC2(COC)C(N)=O)c1C. The van der Waals surface area contributed by atoms with E-state index >= 15 is 0 Å². The zero-order valence-corrected chi connectivity index (χ0v) is 13.8. The number of aromatic nitrogens is 1. The van der Waals surface area contributed by atoms with Crippen LogP contribution in [0.2, 0.25) is 0 Å². The van der Waals surface area contributed by atoms with Crippen molar-refractivity contribution in [2.45, 2.75) is 45.7 Å². The number of primary amides is 1. The van der Waals surface area contributed by atoms with Crippen LogP contribution in [0.25, 0.3) is 0 Å². The Morgan fingerprint density at radius 2 is 2.09 bits per heavy atom. The first-order valence-electron chi connectivity index (χ1n) is 7.66. The van der Waals surface area contributed by atoms with E-state index in [1.165, 1.54) is 7.11 Å². The fourth-order valence-electron chi connectivity index (χ4n) is 3.54. The van der Waals surface area contributed by atoms with E-state index in [-0.39, 0.29) is 12.5 Å². The molecule has 0 saturated carbocycles. The third-order valence-electron chi connectivity index (χ3n) is 4.70. The fraction of sp³-hybridized carbons (Fsp3) is 0.625. The summed E-state index contributed by atoms with van der Waals surface area (Å²) < 4.78 is 7.28. The molecule has 1 atom stereocenters. The van der Waals surface area contributed by atoms with Crippen LogP contribution in [0.4, 0.5) is 0 Å². The predicted molar refractivity (Wildman–Crippen MR) is 83.7 cm³/mol. The van der Waals surface area contributed by atoms with Gasteiger partial charge in [0.25, 0.3) is 5.91 Å². The van der Waals surface area contributed by atoms with Gasteiger partial charge in [0.15, 0.2) is 0 Å². The zero-order chi connectivity index (χ0) is 16.5. The lowest BCUT2D eigenvalue weighted by molar-refractivity contribution is -0.130. The molecule has 1 aromatic rings. The van der Waals surface area contributed by atoms with Gasteiger partial charge in [-0.05, 0) is 39.7 Å². The maximum atomic E-state index is 13.0. The molecule has 2 heterocycles. The Kier molecular flexibility index (Phi) is 4.60. The Hall–Kier alpha value is -1.82. The molecule has 0 bridgehead atoms. The lowest BCUT2D eigenvalue weighted by atomic mass is 9.95. The highest BCUT2D eigenvalue weighted by Crippen LogP contribution is 2.32. The van der Waals surface area contributed by atoms with Crippen molar-refractivity contribution >= 4 is 11.8 Å². The van der Waals surface area contributed by atoms with Crippen molar-refractivity contribution in [1.29, 1.82) is 0 Å². The minimum Gasteiger partial charge on any atom is -0.382 e. The molecule has 2 N–H and O–H groups in total. The van der Waals surface area contributed by atoms with E-state index in [2.05, 4.69) is 4.57 Å². The molecule has 0 spiro atoms. The summed E-state index contributed by atoms with van der Waals surface area (Å²) in [6.45, 7) is 7.43. The number of carbonyl (C=O) groups is 2. The molecule has 2 amide bonds. The minimum absolute atomic E-state index is 0.138. The van der Waals surface area contributed by atoms with Gasteiger partial charge in [-0.2, -0.15) is 0 Å². The molecular weight excluding hydrogens is 282 g/mol. The van der Waals surface area contributed by atoms with Crippen LogP contribution in [-0.2, 0) is 16.1 Å². The molecule has 2 rings (SSSR count). The number of ether oxygens (including phenoxy) is 1. The number of likely N-dealkylation sites (tertiary alicyclic amines) is 1. The largest absolute Gasteiger partial charge is 0.382 e. The van der Waals surface area contributed by atoms with E-state index in [1.807, 2.05) is 26.8 Å². The molecule has 1 fully saturated rings. The monoisotopic (exact) mass is 307 g/mol. The molecule has 22 heavy (non-hydrogen) atoms. The molecule has 6 nitrogen and oxygen atoms in total. The van der Waals surface area contributed by atoms with E-state index in [1.54, 1.807) is 4.90 Å². The summed E-state index contributed by atoms with van der Waals surface area (Å²) >= 11 is 0. The van der Waals surface area contributed by atoms with Gasteiger partial charge in [-0.25, -0.2) is 0 Å². The van der Waals surface area contributed by atoms with Crippen molar-refractivity contribution in [2.75, 3.05) is 20.3 Å². The topological polar surface area (TPSA) is 77.6 Å². The van der Waals surface area contributed by atoms with Gasteiger partial charge in [0.05, 0.1) is 12.2 Å². The molecular formula is C16H25N3O3. The maximum absolute atomic E-state index is 13.0. The molecule has 1 saturated heterocycles. The molecule has 1 aliphatic rings. The molecule has 122 valence electrons. The highest BCUT2D eigenvalue weighted by Gasteiger charge is 2.49. The average molecular weight is 307 g/mol. The summed E-state index contributed by atoms with van der Waals surface area (Å²) in [5, 5.41) is 0. The Morgan fingerprint density at radius 1 is 1.41 bits per heavy atom. The van der Waals surface area contributed by atoms with Crippen LogP contribution >= 0.6 is 0 Å². The van der Waals surface area contributed by atoms with Gasteiger partial charge in [-0.3, -0.25) is 9.59 Å². The molecule has 0 aromatic carbocycles. The molecule has 1 aliphatic heterocycles. The summed E-state index contributed by atoms with van der Waals surface area (Å²) in [6.07, 6.45) is 1.30. The van der Waals surface area contributed by atoms with Gasteiger partial charge < -0.3 is 19.9 Å². The second-order valence-electron chi connectivity index (χ2n) is 5.92. The molecule has 1 aromatic heterocycles. The molecule has 0 radical (unpaired) electrons. The Morgan fingerprint density at radius 3 is 2.59 bits per heavy atom. The Labute approximate surface area is 131 Å². The van der Waals surface area contributed by atoms with Crippen molar-refractivity contribution in [3.05, 3.63) is 23.0 Å². The Bertz CT molecular complexity index is 594. The van der Waals surface area contributed by atoms with Crippen LogP contribution in [-0.4, -0.2) is 47.1 Å². The Balaban J connectivity index is 2.42. The smallest absolute Gasteiger partial charge is 0.256 e. The van der Waals surface area contributed by atoms with Crippen LogP contribution in [0.3, 0.4) is 0 Å². The lowest BCUT2D eigenvalue weighted by Gasteiger charge is -2.35. The summed E-state index contributed by atoms with van der Waals surface area (Å²) in [7, 11) is 1.52. The van der Waals surface area contributed by atoms with Crippen molar-refractivity contribution < 1.29 is 14.3 Å². The summed E-state index contributed by atoms with van der Waals surface area (Å²) in [5.74, 6) is -0.634. The number of amides is 2. The first-order chi connectivity index (χ1) is 10.4. The number of nitrogens with two attached hydrogens (primary N) is 1. The number of aryl methyl sites for hydroxylation is 1. The van der Waals surface area contributed by atoms with Gasteiger partial charge in [0.1, 0.15) is 5.54 Å².